The minimum Gasteiger partial charge on any atom is -0.351 e. The first-order valence-electron chi connectivity index (χ1n) is 6.64. The van der Waals surface area contributed by atoms with Gasteiger partial charge in [0.15, 0.2) is 23.6 Å². The van der Waals surface area contributed by atoms with Crippen molar-refractivity contribution in [3.8, 4) is 0 Å². The summed E-state index contributed by atoms with van der Waals surface area (Å²) in [6, 6.07) is 6.66. The van der Waals surface area contributed by atoms with Crippen LogP contribution in [-0.2, 0) is 14.3 Å². The monoisotopic (exact) mass is 286 g/mol. The summed E-state index contributed by atoms with van der Waals surface area (Å²) in [5, 5.41) is 0. The first-order chi connectivity index (χ1) is 10.0. The maximum absolute atomic E-state index is 12.6. The first-order valence-corrected chi connectivity index (χ1v) is 6.64. The Morgan fingerprint density at radius 2 is 1.81 bits per heavy atom. The Morgan fingerprint density at radius 3 is 2.38 bits per heavy atom. The van der Waals surface area contributed by atoms with Crippen molar-refractivity contribution in [2.45, 2.75) is 25.7 Å². The molecule has 2 aliphatic rings. The van der Waals surface area contributed by atoms with Crippen LogP contribution in [0.5, 0.6) is 0 Å². The molecule has 0 spiro atoms. The van der Waals surface area contributed by atoms with E-state index >= 15 is 0 Å². The molecular formula is C16H14O5. The third-order valence-corrected chi connectivity index (χ3v) is 3.84. The van der Waals surface area contributed by atoms with E-state index in [1.54, 1.807) is 24.3 Å². The van der Waals surface area contributed by atoms with Gasteiger partial charge in [-0.2, -0.15) is 0 Å². The molecule has 1 heterocycles. The summed E-state index contributed by atoms with van der Waals surface area (Å²) in [7, 11) is 1.38. The van der Waals surface area contributed by atoms with Gasteiger partial charge in [-0.3, -0.25) is 14.4 Å². The van der Waals surface area contributed by atoms with Crippen molar-refractivity contribution >= 4 is 17.3 Å². The van der Waals surface area contributed by atoms with E-state index in [9.17, 15) is 14.4 Å². The van der Waals surface area contributed by atoms with Crippen molar-refractivity contribution in [3.05, 3.63) is 46.5 Å². The lowest BCUT2D eigenvalue weighted by molar-refractivity contribution is -0.158. The Balaban J connectivity index is 2.15. The zero-order valence-electron chi connectivity index (χ0n) is 11.7. The van der Waals surface area contributed by atoms with Crippen LogP contribution in [0.25, 0.3) is 0 Å². The number of ether oxygens (including phenoxy) is 2. The van der Waals surface area contributed by atoms with Crippen molar-refractivity contribution in [1.82, 2.24) is 0 Å². The molecule has 0 saturated carbocycles. The Kier molecular flexibility index (Phi) is 3.31. The van der Waals surface area contributed by atoms with Crippen LogP contribution in [0.3, 0.4) is 0 Å². The van der Waals surface area contributed by atoms with E-state index in [1.165, 1.54) is 14.0 Å². The van der Waals surface area contributed by atoms with E-state index in [4.69, 9.17) is 9.47 Å². The van der Waals surface area contributed by atoms with Gasteiger partial charge in [0.2, 0.25) is 0 Å². The number of carbonyl (C=O) groups excluding carboxylic acids is 3. The molecule has 21 heavy (non-hydrogen) atoms. The first kappa shape index (κ1) is 13.9. The molecule has 5 heteroatoms. The van der Waals surface area contributed by atoms with Crippen molar-refractivity contribution in [1.29, 1.82) is 0 Å². The molecule has 0 fully saturated rings. The van der Waals surface area contributed by atoms with E-state index in [-0.39, 0.29) is 29.3 Å². The molecule has 2 atom stereocenters. The van der Waals surface area contributed by atoms with Crippen molar-refractivity contribution in [2.24, 2.45) is 0 Å². The highest BCUT2D eigenvalue weighted by Crippen LogP contribution is 2.36. The lowest BCUT2D eigenvalue weighted by atomic mass is 9.80. The summed E-state index contributed by atoms with van der Waals surface area (Å²) in [5.41, 5.74) is 1.28. The summed E-state index contributed by atoms with van der Waals surface area (Å²) in [4.78, 5) is 36.8. The van der Waals surface area contributed by atoms with Crippen LogP contribution in [0.1, 0.15) is 34.1 Å². The summed E-state index contributed by atoms with van der Waals surface area (Å²) in [5.74, 6) is -0.687. The number of hydrogen-bond donors (Lipinski definition) is 0. The van der Waals surface area contributed by atoms with E-state index < -0.39 is 12.4 Å². The number of fused-ring (bicyclic) bond motifs is 1. The number of hydrogen-bond acceptors (Lipinski definition) is 5. The molecule has 0 N–H and O–H groups in total. The molecule has 1 aromatic carbocycles. The molecule has 1 aliphatic heterocycles. The second-order valence-electron chi connectivity index (χ2n) is 5.10. The van der Waals surface area contributed by atoms with Crippen LogP contribution in [0.4, 0.5) is 0 Å². The van der Waals surface area contributed by atoms with Gasteiger partial charge in [-0.25, -0.2) is 0 Å². The quantitative estimate of drug-likeness (QED) is 0.827. The summed E-state index contributed by atoms with van der Waals surface area (Å²) in [6.45, 7) is 1.39. The molecule has 2 unspecified atom stereocenters. The molecule has 1 aliphatic carbocycles. The van der Waals surface area contributed by atoms with E-state index in [2.05, 4.69) is 0 Å². The highest BCUT2D eigenvalue weighted by Gasteiger charge is 2.42. The van der Waals surface area contributed by atoms with Crippen LogP contribution >= 0.6 is 0 Å². The van der Waals surface area contributed by atoms with Crippen molar-refractivity contribution in [2.75, 3.05) is 7.11 Å². The lowest BCUT2D eigenvalue weighted by Crippen LogP contribution is -2.41. The van der Waals surface area contributed by atoms with Gasteiger partial charge >= 0.3 is 0 Å². The average Bonchev–Trinajstić information content (AvgIpc) is 2.51. The average molecular weight is 286 g/mol. The van der Waals surface area contributed by atoms with Gasteiger partial charge in [0.1, 0.15) is 6.10 Å². The number of rotatable bonds is 2. The van der Waals surface area contributed by atoms with Crippen LogP contribution in [0.15, 0.2) is 35.4 Å². The van der Waals surface area contributed by atoms with Crippen LogP contribution in [-0.4, -0.2) is 36.9 Å². The minimum atomic E-state index is -0.979. The summed E-state index contributed by atoms with van der Waals surface area (Å²) in [6.07, 6.45) is -1.62. The number of ketones is 3. The maximum Gasteiger partial charge on any atom is 0.195 e. The number of methoxy groups -OCH3 is 1. The van der Waals surface area contributed by atoms with Gasteiger partial charge in [-0.1, -0.05) is 24.3 Å². The highest BCUT2D eigenvalue weighted by atomic mass is 16.7. The second-order valence-corrected chi connectivity index (χ2v) is 5.10. The van der Waals surface area contributed by atoms with Crippen LogP contribution in [0, 0.1) is 0 Å². The molecule has 3 rings (SSSR count). The molecular weight excluding hydrogens is 272 g/mol. The Bertz CT molecular complexity index is 686. The largest absolute Gasteiger partial charge is 0.351 e. The number of Topliss-reactive ketones (excluding diaryl/α,β-unsaturated/α-hetero) is 3. The second kappa shape index (κ2) is 5.02. The van der Waals surface area contributed by atoms with Crippen LogP contribution < -0.4 is 0 Å². The van der Waals surface area contributed by atoms with Gasteiger partial charge in [0, 0.05) is 30.2 Å². The molecule has 1 aromatic rings. The van der Waals surface area contributed by atoms with Crippen molar-refractivity contribution in [3.63, 3.8) is 0 Å². The summed E-state index contributed by atoms with van der Waals surface area (Å²) >= 11 is 0. The zero-order chi connectivity index (χ0) is 15.1. The van der Waals surface area contributed by atoms with E-state index in [0.29, 0.717) is 16.7 Å². The fourth-order valence-corrected chi connectivity index (χ4v) is 2.76. The number of carbonyl (C=O) groups is 3. The topological polar surface area (TPSA) is 69.7 Å². The molecule has 5 nitrogen and oxygen atoms in total. The predicted molar refractivity (Wildman–Crippen MR) is 73.1 cm³/mol. The zero-order valence-corrected chi connectivity index (χ0v) is 11.7. The standard InChI is InChI=1S/C16H14O5/c1-8(17)12-7-11-13(16(20-2)21-12)15(19)10-6-4-3-5-9(10)14(11)18/h3-6,12,16H,7H2,1-2H3. The normalized spacial score (nSPS) is 24.7. The minimum absolute atomic E-state index is 0.115. The smallest absolute Gasteiger partial charge is 0.195 e. The van der Waals surface area contributed by atoms with E-state index in [0.717, 1.165) is 0 Å². The Hall–Kier alpha value is -2.11. The van der Waals surface area contributed by atoms with Gasteiger partial charge in [-0.05, 0) is 6.92 Å². The van der Waals surface area contributed by atoms with Gasteiger partial charge in [0.05, 0.1) is 5.57 Å². The fraction of sp³-hybridized carbons (Fsp3) is 0.312. The molecule has 108 valence electrons. The third kappa shape index (κ3) is 2.05. The van der Waals surface area contributed by atoms with Gasteiger partial charge in [-0.15, -0.1) is 0 Å². The Labute approximate surface area is 121 Å². The SMILES string of the molecule is COC1OC(C(C)=O)CC2=C1C(=O)c1ccccc1C2=O. The van der Waals surface area contributed by atoms with E-state index in [1.807, 2.05) is 0 Å². The van der Waals surface area contributed by atoms with Gasteiger partial charge in [0.25, 0.3) is 0 Å². The summed E-state index contributed by atoms with van der Waals surface area (Å²) < 4.78 is 10.7. The van der Waals surface area contributed by atoms with Crippen LogP contribution in [0.2, 0.25) is 0 Å². The molecule has 0 radical (unpaired) electrons. The molecule has 0 bridgehead atoms. The molecule has 0 amide bonds. The predicted octanol–water partition coefficient (Wildman–Crippen LogP) is 1.71. The third-order valence-electron chi connectivity index (χ3n) is 3.84. The number of benzene rings is 1. The fourth-order valence-electron chi connectivity index (χ4n) is 2.76. The molecule has 0 aromatic heterocycles. The van der Waals surface area contributed by atoms with Crippen molar-refractivity contribution < 1.29 is 23.9 Å². The lowest BCUT2D eigenvalue weighted by Gasteiger charge is -2.33. The van der Waals surface area contributed by atoms with Gasteiger partial charge < -0.3 is 9.47 Å². The highest BCUT2D eigenvalue weighted by molar-refractivity contribution is 6.27. The Morgan fingerprint density at radius 1 is 1.19 bits per heavy atom. The molecule has 0 saturated heterocycles. The maximum atomic E-state index is 12.6.